The molecule has 0 atom stereocenters. The Morgan fingerprint density at radius 1 is 1.24 bits per heavy atom. The quantitative estimate of drug-likeness (QED) is 0.619. The molecule has 0 radical (unpaired) electrons. The molecular formula is C14H8Cl2N2O3. The molecule has 2 rings (SSSR count). The van der Waals surface area contributed by atoms with Gasteiger partial charge < -0.3 is 4.74 Å². The summed E-state index contributed by atoms with van der Waals surface area (Å²) in [5, 5.41) is 20.7. The second kappa shape index (κ2) is 6.44. The van der Waals surface area contributed by atoms with Gasteiger partial charge in [0.15, 0.2) is 5.75 Å². The fourth-order valence-electron chi connectivity index (χ4n) is 1.66. The van der Waals surface area contributed by atoms with Gasteiger partial charge in [-0.3, -0.25) is 10.1 Å². The topological polar surface area (TPSA) is 76.2 Å². The van der Waals surface area contributed by atoms with E-state index in [0.29, 0.717) is 15.6 Å². The zero-order valence-corrected chi connectivity index (χ0v) is 12.1. The van der Waals surface area contributed by atoms with Gasteiger partial charge in [-0.05, 0) is 30.3 Å². The highest BCUT2D eigenvalue weighted by atomic mass is 35.5. The van der Waals surface area contributed by atoms with E-state index in [2.05, 4.69) is 0 Å². The second-order valence-electron chi connectivity index (χ2n) is 4.08. The van der Waals surface area contributed by atoms with Crippen LogP contribution in [0.5, 0.6) is 5.75 Å². The van der Waals surface area contributed by atoms with Crippen LogP contribution in [0.15, 0.2) is 36.4 Å². The zero-order valence-electron chi connectivity index (χ0n) is 10.5. The third-order valence-corrected chi connectivity index (χ3v) is 3.28. The smallest absolute Gasteiger partial charge is 0.312 e. The van der Waals surface area contributed by atoms with E-state index in [-0.39, 0.29) is 23.6 Å². The first-order chi connectivity index (χ1) is 10.0. The molecule has 21 heavy (non-hydrogen) atoms. The Morgan fingerprint density at radius 2 is 2.00 bits per heavy atom. The molecule has 0 saturated carbocycles. The summed E-state index contributed by atoms with van der Waals surface area (Å²) in [6, 6.07) is 10.7. The van der Waals surface area contributed by atoms with Gasteiger partial charge in [0.25, 0.3) is 0 Å². The lowest BCUT2D eigenvalue weighted by Gasteiger charge is -2.08. The Labute approximate surface area is 130 Å². The normalized spacial score (nSPS) is 9.95. The predicted octanol–water partition coefficient (Wildman–Crippen LogP) is 4.35. The fourth-order valence-corrected chi connectivity index (χ4v) is 2.03. The molecule has 7 heteroatoms. The molecule has 0 aliphatic carbocycles. The molecule has 0 aliphatic heterocycles. The Kier molecular flexibility index (Phi) is 4.63. The molecule has 0 fully saturated rings. The van der Waals surface area contributed by atoms with Gasteiger partial charge >= 0.3 is 5.69 Å². The highest BCUT2D eigenvalue weighted by molar-refractivity contribution is 6.33. The number of hydrogen-bond acceptors (Lipinski definition) is 4. The van der Waals surface area contributed by atoms with Gasteiger partial charge in [0.1, 0.15) is 6.61 Å². The van der Waals surface area contributed by atoms with Crippen LogP contribution in [0.1, 0.15) is 11.1 Å². The maximum Gasteiger partial charge on any atom is 0.312 e. The van der Waals surface area contributed by atoms with Crippen LogP contribution in [0.3, 0.4) is 0 Å². The van der Waals surface area contributed by atoms with Gasteiger partial charge in [0.05, 0.1) is 16.6 Å². The highest BCUT2D eigenvalue weighted by Gasteiger charge is 2.16. The first-order valence-corrected chi connectivity index (χ1v) is 6.52. The van der Waals surface area contributed by atoms with Crippen molar-refractivity contribution in [2.24, 2.45) is 0 Å². The number of rotatable bonds is 4. The molecule has 0 spiro atoms. The van der Waals surface area contributed by atoms with Crippen LogP contribution >= 0.6 is 23.2 Å². The first kappa shape index (κ1) is 15.1. The maximum atomic E-state index is 11.0. The van der Waals surface area contributed by atoms with Gasteiger partial charge in [-0.15, -0.1) is 0 Å². The Morgan fingerprint density at radius 3 is 2.67 bits per heavy atom. The van der Waals surface area contributed by atoms with Gasteiger partial charge in [-0.2, -0.15) is 5.26 Å². The van der Waals surface area contributed by atoms with E-state index in [4.69, 9.17) is 33.2 Å². The predicted molar refractivity (Wildman–Crippen MR) is 78.6 cm³/mol. The van der Waals surface area contributed by atoms with Crippen LogP contribution in [0.2, 0.25) is 10.0 Å². The molecule has 0 N–H and O–H groups in total. The van der Waals surface area contributed by atoms with Gasteiger partial charge in [0, 0.05) is 21.7 Å². The highest BCUT2D eigenvalue weighted by Crippen LogP contribution is 2.29. The van der Waals surface area contributed by atoms with Gasteiger partial charge in [0.2, 0.25) is 0 Å². The summed E-state index contributed by atoms with van der Waals surface area (Å²) >= 11 is 11.9. The lowest BCUT2D eigenvalue weighted by molar-refractivity contribution is -0.386. The summed E-state index contributed by atoms with van der Waals surface area (Å²) in [6.45, 7) is 0.0339. The molecule has 2 aromatic rings. The van der Waals surface area contributed by atoms with Crippen LogP contribution in [0, 0.1) is 21.4 Å². The minimum Gasteiger partial charge on any atom is -0.482 e. The summed E-state index contributed by atoms with van der Waals surface area (Å²) < 4.78 is 5.43. The Balaban J connectivity index is 2.26. The van der Waals surface area contributed by atoms with E-state index in [9.17, 15) is 10.1 Å². The van der Waals surface area contributed by atoms with E-state index in [1.165, 1.54) is 12.1 Å². The monoisotopic (exact) mass is 322 g/mol. The molecule has 5 nitrogen and oxygen atoms in total. The van der Waals surface area contributed by atoms with Gasteiger partial charge in [-0.1, -0.05) is 23.2 Å². The minimum absolute atomic E-state index is 0.0339. The van der Waals surface area contributed by atoms with Crippen molar-refractivity contribution in [2.75, 3.05) is 0 Å². The van der Waals surface area contributed by atoms with E-state index < -0.39 is 4.92 Å². The van der Waals surface area contributed by atoms with Crippen LogP contribution in [0.25, 0.3) is 0 Å². The summed E-state index contributed by atoms with van der Waals surface area (Å²) in [6.07, 6.45) is 0. The lowest BCUT2D eigenvalue weighted by atomic mass is 10.2. The summed E-state index contributed by atoms with van der Waals surface area (Å²) in [7, 11) is 0. The van der Waals surface area contributed by atoms with Crippen LogP contribution in [-0.4, -0.2) is 4.92 Å². The summed E-state index contributed by atoms with van der Waals surface area (Å²) in [5.74, 6) is 0.0649. The fraction of sp³-hybridized carbons (Fsp3) is 0.0714. The van der Waals surface area contributed by atoms with Crippen LogP contribution < -0.4 is 4.74 Å². The first-order valence-electron chi connectivity index (χ1n) is 5.76. The largest absolute Gasteiger partial charge is 0.482 e. The van der Waals surface area contributed by atoms with Crippen molar-refractivity contribution in [1.82, 2.24) is 0 Å². The standard InChI is InChI=1S/C14H8Cl2N2O3/c15-11-2-3-12(16)10(6-11)8-21-14-4-1-9(7-17)5-13(14)18(19)20/h1-6H,8H2. The average Bonchev–Trinajstić information content (AvgIpc) is 2.48. The molecule has 0 saturated heterocycles. The molecule has 0 amide bonds. The van der Waals surface area contributed by atoms with E-state index in [1.54, 1.807) is 18.2 Å². The third kappa shape index (κ3) is 3.63. The maximum absolute atomic E-state index is 11.0. The number of benzene rings is 2. The van der Waals surface area contributed by atoms with Crippen LogP contribution in [-0.2, 0) is 6.61 Å². The number of nitro groups is 1. The number of nitro benzene ring substituents is 1. The van der Waals surface area contributed by atoms with Gasteiger partial charge in [-0.25, -0.2) is 0 Å². The van der Waals surface area contributed by atoms with Crippen molar-refractivity contribution in [3.8, 4) is 11.8 Å². The number of ether oxygens (including phenoxy) is 1. The molecule has 106 valence electrons. The molecular weight excluding hydrogens is 315 g/mol. The van der Waals surface area contributed by atoms with E-state index >= 15 is 0 Å². The number of nitriles is 1. The summed E-state index contributed by atoms with van der Waals surface area (Å²) in [4.78, 5) is 10.4. The van der Waals surface area contributed by atoms with Crippen molar-refractivity contribution in [1.29, 1.82) is 5.26 Å². The van der Waals surface area contributed by atoms with E-state index in [1.807, 2.05) is 6.07 Å². The molecule has 0 aliphatic rings. The van der Waals surface area contributed by atoms with E-state index in [0.717, 1.165) is 6.07 Å². The third-order valence-electron chi connectivity index (χ3n) is 2.68. The molecule has 0 heterocycles. The SMILES string of the molecule is N#Cc1ccc(OCc2cc(Cl)ccc2Cl)c([N+](=O)[O-])c1. The molecule has 2 aromatic carbocycles. The van der Waals surface area contributed by atoms with Crippen LogP contribution in [0.4, 0.5) is 5.69 Å². The second-order valence-corrected chi connectivity index (χ2v) is 4.92. The molecule has 0 unspecified atom stereocenters. The van der Waals surface area contributed by atoms with Crippen molar-refractivity contribution in [3.63, 3.8) is 0 Å². The Bertz CT molecular complexity index is 741. The average molecular weight is 323 g/mol. The number of nitrogens with zero attached hydrogens (tertiary/aromatic N) is 2. The minimum atomic E-state index is -0.601. The summed E-state index contributed by atoms with van der Waals surface area (Å²) in [5.41, 5.74) is 0.532. The molecule has 0 aromatic heterocycles. The Hall–Kier alpha value is -2.29. The zero-order chi connectivity index (χ0) is 15.4. The van der Waals surface area contributed by atoms with Crippen molar-refractivity contribution >= 4 is 28.9 Å². The molecule has 0 bridgehead atoms. The van der Waals surface area contributed by atoms with Crippen molar-refractivity contribution in [3.05, 3.63) is 67.7 Å². The van der Waals surface area contributed by atoms with Crippen molar-refractivity contribution in [2.45, 2.75) is 6.61 Å². The lowest BCUT2D eigenvalue weighted by Crippen LogP contribution is -2.00. The number of hydrogen-bond donors (Lipinski definition) is 0. The van der Waals surface area contributed by atoms with Crippen molar-refractivity contribution < 1.29 is 9.66 Å². The number of halogens is 2.